The van der Waals surface area contributed by atoms with Crippen LogP contribution in [-0.4, -0.2) is 21.0 Å². The summed E-state index contributed by atoms with van der Waals surface area (Å²) in [7, 11) is -1.10. The Balaban J connectivity index is 1.96. The Kier molecular flexibility index (Phi) is 3.57. The highest BCUT2D eigenvalue weighted by molar-refractivity contribution is 7.86. The first-order valence-electron chi connectivity index (χ1n) is 6.07. The monoisotopic (exact) mass is 266 g/mol. The molecule has 1 fully saturated rings. The maximum absolute atomic E-state index is 12.2. The lowest BCUT2D eigenvalue weighted by Gasteiger charge is -2.19. The maximum atomic E-state index is 12.2. The number of ether oxygens (including phenoxy) is 1. The van der Waals surface area contributed by atoms with E-state index in [0.29, 0.717) is 6.42 Å². The molecular weight excluding hydrogens is 248 g/mol. The van der Waals surface area contributed by atoms with Crippen LogP contribution in [0.3, 0.4) is 0 Å². The number of benzene rings is 1. The van der Waals surface area contributed by atoms with E-state index in [1.54, 1.807) is 0 Å². The fraction of sp³-hybridized carbons (Fsp3) is 0.500. The molecule has 0 aromatic heterocycles. The number of hydrogen-bond acceptors (Lipinski definition) is 3. The molecule has 0 spiro atoms. The molecule has 18 heavy (non-hydrogen) atoms. The Hall–Kier alpha value is -1.16. The third-order valence-electron chi connectivity index (χ3n) is 2.69. The van der Waals surface area contributed by atoms with E-state index in [9.17, 15) is 9.00 Å². The van der Waals surface area contributed by atoms with E-state index in [-0.39, 0.29) is 17.1 Å². The largest absolute Gasteiger partial charge is 0.460 e. The van der Waals surface area contributed by atoms with Crippen molar-refractivity contribution in [1.82, 2.24) is 0 Å². The summed E-state index contributed by atoms with van der Waals surface area (Å²) in [5.41, 5.74) is -0.474. The highest BCUT2D eigenvalue weighted by atomic mass is 32.2. The lowest BCUT2D eigenvalue weighted by molar-refractivity contribution is -0.156. The Morgan fingerprint density at radius 1 is 1.28 bits per heavy atom. The van der Waals surface area contributed by atoms with E-state index in [1.807, 2.05) is 51.1 Å². The van der Waals surface area contributed by atoms with Crippen LogP contribution in [0, 0.1) is 5.92 Å². The molecule has 1 aromatic rings. The molecule has 0 N–H and O–H groups in total. The van der Waals surface area contributed by atoms with Crippen molar-refractivity contribution in [2.45, 2.75) is 42.9 Å². The molecule has 1 aliphatic carbocycles. The maximum Gasteiger partial charge on any atom is 0.310 e. The molecule has 0 heterocycles. The molecule has 1 aliphatic rings. The van der Waals surface area contributed by atoms with Crippen molar-refractivity contribution >= 4 is 16.8 Å². The molecule has 1 aromatic carbocycles. The van der Waals surface area contributed by atoms with Gasteiger partial charge in [-0.1, -0.05) is 18.2 Å². The molecule has 0 bridgehead atoms. The lowest BCUT2D eigenvalue weighted by Crippen LogP contribution is -2.26. The van der Waals surface area contributed by atoms with Crippen LogP contribution in [0.15, 0.2) is 35.2 Å². The molecule has 3 nitrogen and oxygen atoms in total. The van der Waals surface area contributed by atoms with Gasteiger partial charge in [0.2, 0.25) is 0 Å². The summed E-state index contributed by atoms with van der Waals surface area (Å²) in [5, 5.41) is -0.0813. The van der Waals surface area contributed by atoms with Gasteiger partial charge in [-0.2, -0.15) is 0 Å². The van der Waals surface area contributed by atoms with Crippen molar-refractivity contribution in [3.05, 3.63) is 30.3 Å². The zero-order valence-electron chi connectivity index (χ0n) is 10.9. The highest BCUT2D eigenvalue weighted by Gasteiger charge is 2.49. The lowest BCUT2D eigenvalue weighted by atomic mass is 10.2. The van der Waals surface area contributed by atoms with Gasteiger partial charge in [0, 0.05) is 4.90 Å². The van der Waals surface area contributed by atoms with Crippen LogP contribution < -0.4 is 0 Å². The minimum atomic E-state index is -1.10. The molecule has 0 aliphatic heterocycles. The second-order valence-electron chi connectivity index (χ2n) is 5.52. The SMILES string of the molecule is CC(C)(C)OC(=O)C1CC1S(=O)c1ccccc1. The number of esters is 1. The Morgan fingerprint density at radius 3 is 2.44 bits per heavy atom. The van der Waals surface area contributed by atoms with Crippen LogP contribution in [0.2, 0.25) is 0 Å². The predicted molar refractivity (Wildman–Crippen MR) is 70.6 cm³/mol. The van der Waals surface area contributed by atoms with E-state index >= 15 is 0 Å². The van der Waals surface area contributed by atoms with Crippen molar-refractivity contribution in [2.75, 3.05) is 0 Å². The zero-order chi connectivity index (χ0) is 13.3. The molecule has 0 amide bonds. The normalized spacial score (nSPS) is 24.4. The molecule has 0 saturated heterocycles. The van der Waals surface area contributed by atoms with E-state index in [0.717, 1.165) is 4.90 Å². The third-order valence-corrected chi connectivity index (χ3v) is 4.50. The number of carbonyl (C=O) groups is 1. The molecule has 2 rings (SSSR count). The number of carbonyl (C=O) groups excluding carboxylic acids is 1. The molecular formula is C14H18O3S. The van der Waals surface area contributed by atoms with Gasteiger partial charge in [-0.15, -0.1) is 0 Å². The van der Waals surface area contributed by atoms with Gasteiger partial charge in [-0.3, -0.25) is 9.00 Å². The van der Waals surface area contributed by atoms with Gasteiger partial charge in [-0.05, 0) is 39.3 Å². The van der Waals surface area contributed by atoms with Gasteiger partial charge in [0.05, 0.1) is 22.0 Å². The zero-order valence-corrected chi connectivity index (χ0v) is 11.7. The summed E-state index contributed by atoms with van der Waals surface area (Å²) in [4.78, 5) is 12.6. The van der Waals surface area contributed by atoms with Gasteiger partial charge in [0.1, 0.15) is 5.60 Å². The fourth-order valence-electron chi connectivity index (χ4n) is 1.76. The van der Waals surface area contributed by atoms with Crippen molar-refractivity contribution < 1.29 is 13.7 Å². The van der Waals surface area contributed by atoms with Crippen LogP contribution in [0.4, 0.5) is 0 Å². The van der Waals surface area contributed by atoms with Gasteiger partial charge >= 0.3 is 5.97 Å². The molecule has 0 radical (unpaired) electrons. The van der Waals surface area contributed by atoms with Gasteiger partial charge < -0.3 is 4.74 Å². The third kappa shape index (κ3) is 3.19. The first-order chi connectivity index (χ1) is 8.38. The molecule has 98 valence electrons. The Morgan fingerprint density at radius 2 is 1.89 bits per heavy atom. The van der Waals surface area contributed by atoms with E-state index in [4.69, 9.17) is 4.74 Å². The topological polar surface area (TPSA) is 43.4 Å². The average Bonchev–Trinajstić information content (AvgIpc) is 3.07. The minimum absolute atomic E-state index is 0.0813. The van der Waals surface area contributed by atoms with Gasteiger partial charge in [0.15, 0.2) is 0 Å². The second-order valence-corrected chi connectivity index (χ2v) is 7.20. The first-order valence-corrected chi connectivity index (χ1v) is 7.28. The highest BCUT2D eigenvalue weighted by Crippen LogP contribution is 2.39. The van der Waals surface area contributed by atoms with E-state index in [2.05, 4.69) is 0 Å². The minimum Gasteiger partial charge on any atom is -0.460 e. The van der Waals surface area contributed by atoms with Gasteiger partial charge in [-0.25, -0.2) is 0 Å². The van der Waals surface area contributed by atoms with Crippen LogP contribution in [0.25, 0.3) is 0 Å². The summed E-state index contributed by atoms with van der Waals surface area (Å²) in [6.07, 6.45) is 0.663. The summed E-state index contributed by atoms with van der Waals surface area (Å²) in [6.45, 7) is 5.53. The van der Waals surface area contributed by atoms with Crippen molar-refractivity contribution in [1.29, 1.82) is 0 Å². The van der Waals surface area contributed by atoms with Crippen LogP contribution in [0.1, 0.15) is 27.2 Å². The Labute approximate surface area is 110 Å². The standard InChI is InChI=1S/C14H18O3S/c1-14(2,3)17-13(15)11-9-12(11)18(16)10-7-5-4-6-8-10/h4-8,11-12H,9H2,1-3H3. The summed E-state index contributed by atoms with van der Waals surface area (Å²) < 4.78 is 17.5. The quantitative estimate of drug-likeness (QED) is 0.790. The summed E-state index contributed by atoms with van der Waals surface area (Å²) >= 11 is 0. The average molecular weight is 266 g/mol. The fourth-order valence-corrected chi connectivity index (χ4v) is 3.33. The van der Waals surface area contributed by atoms with Crippen LogP contribution in [0.5, 0.6) is 0 Å². The number of hydrogen-bond donors (Lipinski definition) is 0. The first kappa shape index (κ1) is 13.3. The van der Waals surface area contributed by atoms with Crippen LogP contribution >= 0.6 is 0 Å². The summed E-state index contributed by atoms with van der Waals surface area (Å²) in [6, 6.07) is 9.27. The number of rotatable bonds is 3. The van der Waals surface area contributed by atoms with Crippen molar-refractivity contribution in [3.8, 4) is 0 Å². The smallest absolute Gasteiger partial charge is 0.310 e. The van der Waals surface area contributed by atoms with Crippen LogP contribution in [-0.2, 0) is 20.3 Å². The van der Waals surface area contributed by atoms with E-state index < -0.39 is 16.4 Å². The Bertz CT molecular complexity index is 462. The van der Waals surface area contributed by atoms with Gasteiger partial charge in [0.25, 0.3) is 0 Å². The molecule has 3 unspecified atom stereocenters. The van der Waals surface area contributed by atoms with E-state index in [1.165, 1.54) is 0 Å². The second kappa shape index (κ2) is 4.84. The molecule has 1 saturated carbocycles. The van der Waals surface area contributed by atoms with Crippen molar-refractivity contribution in [2.24, 2.45) is 5.92 Å². The summed E-state index contributed by atoms with van der Waals surface area (Å²) in [5.74, 6) is -0.429. The predicted octanol–water partition coefficient (Wildman–Crippen LogP) is 2.52. The van der Waals surface area contributed by atoms with Crippen molar-refractivity contribution in [3.63, 3.8) is 0 Å². The molecule has 3 atom stereocenters. The molecule has 4 heteroatoms.